The average molecular weight is 257 g/mol. The first-order chi connectivity index (χ1) is 7.99. The van der Waals surface area contributed by atoms with Crippen molar-refractivity contribution >= 4 is 16.0 Å². The van der Waals surface area contributed by atoms with Crippen LogP contribution in [0.5, 0.6) is 0 Å². The Kier molecular flexibility index (Phi) is 5.11. The van der Waals surface area contributed by atoms with Crippen LogP contribution in [0.1, 0.15) is 12.0 Å². The number of sulfonamides is 1. The molecule has 5 nitrogen and oxygen atoms in total. The van der Waals surface area contributed by atoms with Gasteiger partial charge in [0.1, 0.15) is 0 Å². The van der Waals surface area contributed by atoms with Gasteiger partial charge in [-0.25, -0.2) is 13.1 Å². The fourth-order valence-electron chi connectivity index (χ4n) is 1.38. The number of carboxylic acid groups (broad SMARTS) is 1. The summed E-state index contributed by atoms with van der Waals surface area (Å²) in [6, 6.07) is 9.68. The van der Waals surface area contributed by atoms with E-state index in [1.807, 2.05) is 30.3 Å². The van der Waals surface area contributed by atoms with Crippen LogP contribution in [0.3, 0.4) is 0 Å². The highest BCUT2D eigenvalue weighted by Gasteiger charge is 2.14. The van der Waals surface area contributed by atoms with E-state index in [1.54, 1.807) is 0 Å². The maximum Gasteiger partial charge on any atom is 0.320 e. The standard InChI is InChI=1S/C11H15NO4S/c13-11(14)9-17(15,16)12-8-4-7-10-5-2-1-3-6-10/h1-3,5-6,12H,4,7-9H2,(H,13,14). The molecular weight excluding hydrogens is 242 g/mol. The molecule has 2 N–H and O–H groups in total. The van der Waals surface area contributed by atoms with E-state index >= 15 is 0 Å². The molecule has 0 bridgehead atoms. The molecule has 1 aromatic carbocycles. The molecule has 1 rings (SSSR count). The zero-order valence-corrected chi connectivity index (χ0v) is 10.1. The van der Waals surface area contributed by atoms with E-state index in [4.69, 9.17) is 5.11 Å². The van der Waals surface area contributed by atoms with Gasteiger partial charge in [0.15, 0.2) is 5.75 Å². The molecule has 0 fully saturated rings. The van der Waals surface area contributed by atoms with E-state index in [9.17, 15) is 13.2 Å². The fourth-order valence-corrected chi connectivity index (χ4v) is 2.26. The normalized spacial score (nSPS) is 11.3. The number of carbonyl (C=O) groups is 1. The predicted octanol–water partition coefficient (Wildman–Crippen LogP) is 0.623. The van der Waals surface area contributed by atoms with E-state index in [1.165, 1.54) is 0 Å². The summed E-state index contributed by atoms with van der Waals surface area (Å²) in [6.07, 6.45) is 1.40. The summed E-state index contributed by atoms with van der Waals surface area (Å²) in [5.41, 5.74) is 1.13. The molecule has 0 atom stereocenters. The second-order valence-corrected chi connectivity index (χ2v) is 5.44. The number of rotatable bonds is 7. The lowest BCUT2D eigenvalue weighted by Gasteiger charge is -2.04. The summed E-state index contributed by atoms with van der Waals surface area (Å²) in [6.45, 7) is 0.254. The third-order valence-corrected chi connectivity index (χ3v) is 3.39. The first-order valence-electron chi connectivity index (χ1n) is 5.23. The van der Waals surface area contributed by atoms with Crippen molar-refractivity contribution in [3.63, 3.8) is 0 Å². The molecule has 94 valence electrons. The third-order valence-electron chi connectivity index (χ3n) is 2.12. The van der Waals surface area contributed by atoms with Gasteiger partial charge in [-0.1, -0.05) is 30.3 Å². The molecule has 0 amide bonds. The number of aryl methyl sites for hydroxylation is 1. The zero-order chi connectivity index (χ0) is 12.7. The quantitative estimate of drug-likeness (QED) is 0.701. The van der Waals surface area contributed by atoms with Crippen molar-refractivity contribution in [2.75, 3.05) is 12.3 Å². The Morgan fingerprint density at radius 2 is 1.88 bits per heavy atom. The molecule has 0 aliphatic carbocycles. The van der Waals surface area contributed by atoms with Gasteiger partial charge in [0, 0.05) is 6.54 Å². The van der Waals surface area contributed by atoms with Crippen LogP contribution in [0.15, 0.2) is 30.3 Å². The Balaban J connectivity index is 2.27. The molecule has 0 spiro atoms. The van der Waals surface area contributed by atoms with E-state index in [0.717, 1.165) is 12.0 Å². The van der Waals surface area contributed by atoms with Crippen molar-refractivity contribution in [2.24, 2.45) is 0 Å². The number of hydrogen-bond donors (Lipinski definition) is 2. The number of benzene rings is 1. The highest BCUT2D eigenvalue weighted by atomic mass is 32.2. The summed E-state index contributed by atoms with van der Waals surface area (Å²) < 4.78 is 24.6. The van der Waals surface area contributed by atoms with Gasteiger partial charge in [0.2, 0.25) is 10.0 Å². The van der Waals surface area contributed by atoms with Crippen LogP contribution < -0.4 is 4.72 Å². The number of hydrogen-bond acceptors (Lipinski definition) is 3. The number of carboxylic acids is 1. The first-order valence-corrected chi connectivity index (χ1v) is 6.88. The molecule has 0 unspecified atom stereocenters. The summed E-state index contributed by atoms with van der Waals surface area (Å²) in [5.74, 6) is -2.22. The summed E-state index contributed by atoms with van der Waals surface area (Å²) in [4.78, 5) is 10.2. The zero-order valence-electron chi connectivity index (χ0n) is 9.30. The van der Waals surface area contributed by atoms with E-state index in [-0.39, 0.29) is 6.54 Å². The monoisotopic (exact) mass is 257 g/mol. The lowest BCUT2D eigenvalue weighted by Crippen LogP contribution is -2.30. The molecule has 17 heavy (non-hydrogen) atoms. The Hall–Kier alpha value is -1.40. The van der Waals surface area contributed by atoms with Crippen LogP contribution in [0.25, 0.3) is 0 Å². The van der Waals surface area contributed by atoms with Crippen molar-refractivity contribution < 1.29 is 18.3 Å². The lowest BCUT2D eigenvalue weighted by atomic mass is 10.1. The molecule has 0 aromatic heterocycles. The van der Waals surface area contributed by atoms with Crippen molar-refractivity contribution in [2.45, 2.75) is 12.8 Å². The highest BCUT2D eigenvalue weighted by Crippen LogP contribution is 2.01. The minimum absolute atomic E-state index is 0.254. The fraction of sp³-hybridized carbons (Fsp3) is 0.364. The number of aliphatic carboxylic acids is 1. The van der Waals surface area contributed by atoms with Crippen LogP contribution in [-0.2, 0) is 21.2 Å². The molecule has 6 heteroatoms. The summed E-state index contributed by atoms with van der Waals surface area (Å²) in [7, 11) is -3.68. The number of nitrogens with one attached hydrogen (secondary N) is 1. The van der Waals surface area contributed by atoms with Crippen LogP contribution in [0.4, 0.5) is 0 Å². The van der Waals surface area contributed by atoms with Crippen LogP contribution in [-0.4, -0.2) is 31.8 Å². The van der Waals surface area contributed by atoms with Gasteiger partial charge in [-0.2, -0.15) is 0 Å². The lowest BCUT2D eigenvalue weighted by molar-refractivity contribution is -0.134. The van der Waals surface area contributed by atoms with Crippen LogP contribution in [0.2, 0.25) is 0 Å². The molecule has 0 aliphatic rings. The van der Waals surface area contributed by atoms with Crippen LogP contribution in [0, 0.1) is 0 Å². The van der Waals surface area contributed by atoms with Crippen molar-refractivity contribution in [3.8, 4) is 0 Å². The van der Waals surface area contributed by atoms with Gasteiger partial charge in [-0.3, -0.25) is 4.79 Å². The molecule has 0 heterocycles. The van der Waals surface area contributed by atoms with E-state index < -0.39 is 21.7 Å². The smallest absolute Gasteiger partial charge is 0.320 e. The Bertz CT molecular complexity index is 456. The molecule has 0 saturated carbocycles. The van der Waals surface area contributed by atoms with Crippen molar-refractivity contribution in [1.82, 2.24) is 4.72 Å². The second-order valence-electron chi connectivity index (χ2n) is 3.64. The van der Waals surface area contributed by atoms with E-state index in [0.29, 0.717) is 6.42 Å². The molecule has 0 radical (unpaired) electrons. The second kappa shape index (κ2) is 6.36. The summed E-state index contributed by atoms with van der Waals surface area (Å²) >= 11 is 0. The minimum atomic E-state index is -3.68. The van der Waals surface area contributed by atoms with Gasteiger partial charge in [-0.05, 0) is 18.4 Å². The molecule has 0 saturated heterocycles. The Morgan fingerprint density at radius 1 is 1.24 bits per heavy atom. The van der Waals surface area contributed by atoms with E-state index in [2.05, 4.69) is 4.72 Å². The minimum Gasteiger partial charge on any atom is -0.480 e. The van der Waals surface area contributed by atoms with Gasteiger partial charge < -0.3 is 5.11 Å². The molecular formula is C11H15NO4S. The maximum absolute atomic E-state index is 11.2. The van der Waals surface area contributed by atoms with Gasteiger partial charge in [0.25, 0.3) is 0 Å². The highest BCUT2D eigenvalue weighted by molar-refractivity contribution is 7.90. The SMILES string of the molecule is O=C(O)CS(=O)(=O)NCCCc1ccccc1. The Morgan fingerprint density at radius 3 is 2.47 bits per heavy atom. The summed E-state index contributed by atoms with van der Waals surface area (Å²) in [5, 5.41) is 8.36. The first kappa shape index (κ1) is 13.7. The third kappa shape index (κ3) is 6.03. The predicted molar refractivity (Wildman–Crippen MR) is 64.2 cm³/mol. The van der Waals surface area contributed by atoms with Gasteiger partial charge >= 0.3 is 5.97 Å². The topological polar surface area (TPSA) is 83.5 Å². The van der Waals surface area contributed by atoms with Gasteiger partial charge in [-0.15, -0.1) is 0 Å². The van der Waals surface area contributed by atoms with Crippen molar-refractivity contribution in [1.29, 1.82) is 0 Å². The van der Waals surface area contributed by atoms with Gasteiger partial charge in [0.05, 0.1) is 0 Å². The maximum atomic E-state index is 11.2. The largest absolute Gasteiger partial charge is 0.480 e. The average Bonchev–Trinajstić information content (AvgIpc) is 2.24. The van der Waals surface area contributed by atoms with Crippen molar-refractivity contribution in [3.05, 3.63) is 35.9 Å². The molecule has 1 aromatic rings. The Labute approximate surface area is 101 Å². The molecule has 0 aliphatic heterocycles. The van der Waals surface area contributed by atoms with Crippen LogP contribution >= 0.6 is 0 Å².